The predicted octanol–water partition coefficient (Wildman–Crippen LogP) is 7.51. The third-order valence-corrected chi connectivity index (χ3v) is 5.33. The summed E-state index contributed by atoms with van der Waals surface area (Å²) < 4.78 is 61.2. The monoisotopic (exact) mass is 479 g/mol. The third kappa shape index (κ3) is 3.82. The Labute approximate surface area is 183 Å². The summed E-state index contributed by atoms with van der Waals surface area (Å²) in [6, 6.07) is 4.88. The molecule has 0 unspecified atom stereocenters. The number of hydrogen-bond donors (Lipinski definition) is 0. The molecule has 3 aromatic rings. The molecule has 30 heavy (non-hydrogen) atoms. The van der Waals surface area contributed by atoms with Gasteiger partial charge in [-0.2, -0.15) is 13.2 Å². The van der Waals surface area contributed by atoms with Crippen molar-refractivity contribution in [1.29, 1.82) is 0 Å². The van der Waals surface area contributed by atoms with E-state index in [1.165, 1.54) is 19.1 Å². The van der Waals surface area contributed by atoms with Crippen LogP contribution in [0.2, 0.25) is 15.2 Å². The van der Waals surface area contributed by atoms with Crippen LogP contribution in [-0.4, -0.2) is 17.6 Å². The van der Waals surface area contributed by atoms with Crippen LogP contribution < -0.4 is 0 Å². The van der Waals surface area contributed by atoms with E-state index in [9.17, 15) is 18.0 Å². The van der Waals surface area contributed by atoms with Crippen molar-refractivity contribution in [3.8, 4) is 11.1 Å². The van der Waals surface area contributed by atoms with Gasteiger partial charge in [0.05, 0.1) is 22.2 Å². The highest BCUT2D eigenvalue weighted by Gasteiger charge is 2.37. The molecule has 0 bridgehead atoms. The normalized spacial score (nSPS) is 11.8. The lowest BCUT2D eigenvalue weighted by atomic mass is 9.94. The second-order valence-corrected chi connectivity index (χ2v) is 7.39. The largest absolute Gasteiger partial charge is 0.462 e. The lowest BCUT2D eigenvalue weighted by molar-refractivity contribution is -0.137. The zero-order valence-corrected chi connectivity index (χ0v) is 17.7. The molecule has 1 heterocycles. The van der Waals surface area contributed by atoms with Crippen molar-refractivity contribution < 1.29 is 27.1 Å². The summed E-state index contributed by atoms with van der Waals surface area (Å²) in [5, 5.41) is -1.14. The van der Waals surface area contributed by atoms with Crippen molar-refractivity contribution in [2.24, 2.45) is 0 Å². The maximum absolute atomic E-state index is 15.4. The minimum absolute atomic E-state index is 0.0329. The molecule has 0 N–H and O–H groups in total. The van der Waals surface area contributed by atoms with Gasteiger partial charge in [-0.05, 0) is 31.0 Å². The molecular formula is C20H12Cl3F4NO2. The summed E-state index contributed by atoms with van der Waals surface area (Å²) in [4.78, 5) is 15.9. The molecule has 0 saturated heterocycles. The number of carbonyl (C=O) groups excluding carboxylic acids is 1. The lowest BCUT2D eigenvalue weighted by Crippen LogP contribution is -2.11. The number of aromatic nitrogens is 1. The zero-order chi connectivity index (χ0) is 22.4. The van der Waals surface area contributed by atoms with Crippen molar-refractivity contribution in [2.45, 2.75) is 20.0 Å². The van der Waals surface area contributed by atoms with Crippen LogP contribution in [0.25, 0.3) is 22.0 Å². The number of halogens is 7. The Bertz CT molecular complexity index is 1180. The molecule has 0 aliphatic heterocycles. The maximum atomic E-state index is 15.4. The Morgan fingerprint density at radius 3 is 2.47 bits per heavy atom. The van der Waals surface area contributed by atoms with Crippen molar-refractivity contribution in [2.75, 3.05) is 6.61 Å². The summed E-state index contributed by atoms with van der Waals surface area (Å²) in [5.74, 6) is -2.02. The number of esters is 1. The first-order valence-corrected chi connectivity index (χ1v) is 9.63. The van der Waals surface area contributed by atoms with Crippen LogP contribution in [0, 0.1) is 12.7 Å². The standard InChI is InChI=1S/C20H12Cl3F4NO2/c1-3-30-19(29)13-15(22)10-7-11(21)12(16(24)17(10)28-18(13)23)9-6-4-5-8(2)14(9)20(25,26)27/h4-7H,3H2,1-2H3. The molecule has 0 spiro atoms. The minimum Gasteiger partial charge on any atom is -0.462 e. The summed E-state index contributed by atoms with van der Waals surface area (Å²) >= 11 is 18.4. The molecule has 0 saturated carbocycles. The van der Waals surface area contributed by atoms with Gasteiger partial charge in [0.1, 0.15) is 16.2 Å². The van der Waals surface area contributed by atoms with Crippen molar-refractivity contribution in [1.82, 2.24) is 4.98 Å². The Hall–Kier alpha value is -2.09. The van der Waals surface area contributed by atoms with E-state index in [1.54, 1.807) is 6.92 Å². The molecule has 0 amide bonds. The molecule has 3 rings (SSSR count). The first-order valence-electron chi connectivity index (χ1n) is 8.50. The number of rotatable bonds is 3. The lowest BCUT2D eigenvalue weighted by Gasteiger charge is -2.18. The van der Waals surface area contributed by atoms with Gasteiger partial charge in [-0.1, -0.05) is 53.0 Å². The molecule has 1 aromatic heterocycles. The van der Waals surface area contributed by atoms with Crippen LogP contribution in [0.5, 0.6) is 0 Å². The molecule has 0 aliphatic rings. The Morgan fingerprint density at radius 2 is 1.87 bits per heavy atom. The molecule has 2 aromatic carbocycles. The number of ether oxygens (including phenoxy) is 1. The Morgan fingerprint density at radius 1 is 1.20 bits per heavy atom. The number of aryl methyl sites for hydroxylation is 1. The quantitative estimate of drug-likeness (QED) is 0.221. The number of benzene rings is 2. The van der Waals surface area contributed by atoms with Crippen LogP contribution in [-0.2, 0) is 10.9 Å². The van der Waals surface area contributed by atoms with Crippen LogP contribution in [0.1, 0.15) is 28.4 Å². The molecule has 158 valence electrons. The fourth-order valence-electron chi connectivity index (χ4n) is 3.14. The summed E-state index contributed by atoms with van der Waals surface area (Å²) in [6.45, 7) is 2.86. The number of hydrogen-bond acceptors (Lipinski definition) is 3. The number of pyridine rings is 1. The summed E-state index contributed by atoms with van der Waals surface area (Å²) in [6.07, 6.45) is -4.75. The molecular weight excluding hydrogens is 469 g/mol. The SMILES string of the molecule is CCOC(=O)c1c(Cl)nc2c(F)c(-c3cccc(C)c3C(F)(F)F)c(Cl)cc2c1Cl. The number of fused-ring (bicyclic) bond motifs is 1. The van der Waals surface area contributed by atoms with Crippen molar-refractivity contribution >= 4 is 51.7 Å². The second kappa shape index (κ2) is 8.21. The van der Waals surface area contributed by atoms with Crippen LogP contribution in [0.15, 0.2) is 24.3 Å². The van der Waals surface area contributed by atoms with Gasteiger partial charge in [0.25, 0.3) is 0 Å². The zero-order valence-electron chi connectivity index (χ0n) is 15.4. The van der Waals surface area contributed by atoms with E-state index in [4.69, 9.17) is 39.5 Å². The first-order chi connectivity index (χ1) is 14.0. The van der Waals surface area contributed by atoms with Gasteiger partial charge in [0.2, 0.25) is 0 Å². The molecule has 0 radical (unpaired) electrons. The topological polar surface area (TPSA) is 39.2 Å². The van der Waals surface area contributed by atoms with Crippen LogP contribution >= 0.6 is 34.8 Å². The highest BCUT2D eigenvalue weighted by Crippen LogP contribution is 2.45. The van der Waals surface area contributed by atoms with E-state index >= 15 is 4.39 Å². The van der Waals surface area contributed by atoms with E-state index < -0.39 is 45.3 Å². The summed E-state index contributed by atoms with van der Waals surface area (Å²) in [5.41, 5.74) is -2.78. The average molecular weight is 481 g/mol. The summed E-state index contributed by atoms with van der Waals surface area (Å²) in [7, 11) is 0. The van der Waals surface area contributed by atoms with Crippen molar-refractivity contribution in [3.05, 3.63) is 62.0 Å². The highest BCUT2D eigenvalue weighted by atomic mass is 35.5. The fraction of sp³-hybridized carbons (Fsp3) is 0.200. The van der Waals surface area contributed by atoms with Gasteiger partial charge in [-0.25, -0.2) is 14.2 Å². The number of carbonyl (C=O) groups is 1. The molecule has 0 fully saturated rings. The molecule has 0 atom stereocenters. The Balaban J connectivity index is 2.38. The fourth-order valence-corrected chi connectivity index (χ4v) is 4.05. The minimum atomic E-state index is -4.75. The Kier molecular flexibility index (Phi) is 6.18. The van der Waals surface area contributed by atoms with E-state index in [0.717, 1.165) is 12.1 Å². The molecule has 3 nitrogen and oxygen atoms in total. The predicted molar refractivity (Wildman–Crippen MR) is 108 cm³/mol. The van der Waals surface area contributed by atoms with Gasteiger partial charge < -0.3 is 4.74 Å². The van der Waals surface area contributed by atoms with Gasteiger partial charge in [0, 0.05) is 10.9 Å². The third-order valence-electron chi connectivity index (χ3n) is 4.37. The van der Waals surface area contributed by atoms with E-state index in [-0.39, 0.29) is 33.2 Å². The molecule has 10 heteroatoms. The highest BCUT2D eigenvalue weighted by molar-refractivity contribution is 6.43. The van der Waals surface area contributed by atoms with Gasteiger partial charge in [-0.3, -0.25) is 0 Å². The van der Waals surface area contributed by atoms with Gasteiger partial charge in [0.15, 0.2) is 5.82 Å². The van der Waals surface area contributed by atoms with Crippen molar-refractivity contribution in [3.63, 3.8) is 0 Å². The first kappa shape index (κ1) is 22.6. The van der Waals surface area contributed by atoms with Crippen LogP contribution in [0.3, 0.4) is 0 Å². The number of alkyl halides is 3. The average Bonchev–Trinajstić information content (AvgIpc) is 2.62. The van der Waals surface area contributed by atoms with Gasteiger partial charge >= 0.3 is 12.1 Å². The maximum Gasteiger partial charge on any atom is 0.417 e. The van der Waals surface area contributed by atoms with Gasteiger partial charge in [-0.15, -0.1) is 0 Å². The second-order valence-electron chi connectivity index (χ2n) is 6.25. The van der Waals surface area contributed by atoms with E-state index in [0.29, 0.717) is 0 Å². The smallest absolute Gasteiger partial charge is 0.417 e. The van der Waals surface area contributed by atoms with E-state index in [1.807, 2.05) is 0 Å². The van der Waals surface area contributed by atoms with Crippen LogP contribution in [0.4, 0.5) is 17.6 Å². The number of nitrogens with zero attached hydrogens (tertiary/aromatic N) is 1. The molecule has 0 aliphatic carbocycles. The van der Waals surface area contributed by atoms with E-state index in [2.05, 4.69) is 4.98 Å².